The molecule has 1 fully saturated rings. The van der Waals surface area contributed by atoms with Gasteiger partial charge in [0.05, 0.1) is 6.54 Å². The number of nitrogens with zero attached hydrogens (tertiary/aromatic N) is 4. The van der Waals surface area contributed by atoms with Gasteiger partial charge in [-0.05, 0) is 6.92 Å². The Morgan fingerprint density at radius 2 is 2.00 bits per heavy atom. The highest BCUT2D eigenvalue weighted by molar-refractivity contribution is 5.72. The SMILES string of the molecule is CCn1ccnc1CN1CCN(CCNC(C)=O)CC1. The van der Waals surface area contributed by atoms with E-state index in [-0.39, 0.29) is 5.91 Å². The van der Waals surface area contributed by atoms with Crippen LogP contribution in [0.3, 0.4) is 0 Å². The Morgan fingerprint density at radius 3 is 2.65 bits per heavy atom. The van der Waals surface area contributed by atoms with Crippen LogP contribution in [-0.4, -0.2) is 64.5 Å². The van der Waals surface area contributed by atoms with E-state index in [0.29, 0.717) is 0 Å². The third-order valence-electron chi connectivity index (χ3n) is 3.77. The number of rotatable bonds is 6. The number of hydrogen-bond donors (Lipinski definition) is 1. The zero-order chi connectivity index (χ0) is 14.4. The van der Waals surface area contributed by atoms with E-state index in [1.165, 1.54) is 0 Å². The van der Waals surface area contributed by atoms with Crippen molar-refractivity contribution >= 4 is 5.91 Å². The van der Waals surface area contributed by atoms with Crippen molar-refractivity contribution in [3.05, 3.63) is 18.2 Å². The van der Waals surface area contributed by atoms with Crippen LogP contribution in [0.25, 0.3) is 0 Å². The third-order valence-corrected chi connectivity index (χ3v) is 3.77. The zero-order valence-corrected chi connectivity index (χ0v) is 12.5. The van der Waals surface area contributed by atoms with Gasteiger partial charge < -0.3 is 9.88 Å². The minimum absolute atomic E-state index is 0.0510. The predicted octanol–water partition coefficient (Wildman–Crippen LogP) is 0.157. The summed E-state index contributed by atoms with van der Waals surface area (Å²) in [7, 11) is 0. The molecule has 1 saturated heterocycles. The van der Waals surface area contributed by atoms with Gasteiger partial charge in [-0.2, -0.15) is 0 Å². The lowest BCUT2D eigenvalue weighted by Crippen LogP contribution is -2.48. The van der Waals surface area contributed by atoms with Crippen LogP contribution < -0.4 is 5.32 Å². The van der Waals surface area contributed by atoms with E-state index in [0.717, 1.165) is 58.2 Å². The standard InChI is InChI=1S/C14H25N5O/c1-3-19-7-5-16-14(19)12-18-10-8-17(9-11-18)6-4-15-13(2)20/h5,7H,3-4,6,8-12H2,1-2H3,(H,15,20). The lowest BCUT2D eigenvalue weighted by atomic mass is 10.3. The Bertz CT molecular complexity index is 423. The smallest absolute Gasteiger partial charge is 0.216 e. The predicted molar refractivity (Wildman–Crippen MR) is 78.3 cm³/mol. The molecule has 1 N–H and O–H groups in total. The Labute approximate surface area is 120 Å². The molecule has 1 aromatic heterocycles. The first-order valence-corrected chi connectivity index (χ1v) is 7.38. The maximum absolute atomic E-state index is 10.8. The van der Waals surface area contributed by atoms with Gasteiger partial charge in [0.25, 0.3) is 0 Å². The van der Waals surface area contributed by atoms with Crippen LogP contribution in [0.4, 0.5) is 0 Å². The summed E-state index contributed by atoms with van der Waals surface area (Å²) in [6, 6.07) is 0. The van der Waals surface area contributed by atoms with Gasteiger partial charge in [0.15, 0.2) is 0 Å². The van der Waals surface area contributed by atoms with Crippen molar-refractivity contribution < 1.29 is 4.79 Å². The summed E-state index contributed by atoms with van der Waals surface area (Å²) in [5, 5.41) is 2.85. The molecule has 6 nitrogen and oxygen atoms in total. The molecule has 0 saturated carbocycles. The average Bonchev–Trinajstić information content (AvgIpc) is 2.87. The molecule has 112 valence electrons. The van der Waals surface area contributed by atoms with Gasteiger partial charge in [-0.25, -0.2) is 4.98 Å². The fraction of sp³-hybridized carbons (Fsp3) is 0.714. The van der Waals surface area contributed by atoms with Gasteiger partial charge in [0, 0.05) is 65.1 Å². The van der Waals surface area contributed by atoms with E-state index >= 15 is 0 Å². The third kappa shape index (κ3) is 4.31. The Hall–Kier alpha value is -1.40. The Kier molecular flexibility index (Phi) is 5.55. The molecule has 20 heavy (non-hydrogen) atoms. The van der Waals surface area contributed by atoms with E-state index < -0.39 is 0 Å². The average molecular weight is 279 g/mol. The summed E-state index contributed by atoms with van der Waals surface area (Å²) in [6.07, 6.45) is 3.92. The van der Waals surface area contributed by atoms with Crippen molar-refractivity contribution in [1.82, 2.24) is 24.7 Å². The van der Waals surface area contributed by atoms with Crippen molar-refractivity contribution in [1.29, 1.82) is 0 Å². The van der Waals surface area contributed by atoms with E-state index in [2.05, 4.69) is 31.6 Å². The first kappa shape index (κ1) is 15.0. The molecule has 0 atom stereocenters. The molecule has 2 rings (SSSR count). The molecular weight excluding hydrogens is 254 g/mol. The summed E-state index contributed by atoms with van der Waals surface area (Å²) in [5.74, 6) is 1.20. The number of amides is 1. The van der Waals surface area contributed by atoms with Crippen molar-refractivity contribution in [2.45, 2.75) is 26.9 Å². The van der Waals surface area contributed by atoms with Gasteiger partial charge in [-0.1, -0.05) is 0 Å². The molecule has 1 aromatic rings. The molecular formula is C14H25N5O. The topological polar surface area (TPSA) is 53.4 Å². The molecule has 1 aliphatic heterocycles. The quantitative estimate of drug-likeness (QED) is 0.806. The van der Waals surface area contributed by atoms with Crippen LogP contribution in [0.2, 0.25) is 0 Å². The minimum atomic E-state index is 0.0510. The largest absolute Gasteiger partial charge is 0.355 e. The molecule has 1 amide bonds. The van der Waals surface area contributed by atoms with Gasteiger partial charge >= 0.3 is 0 Å². The van der Waals surface area contributed by atoms with Gasteiger partial charge in [-0.15, -0.1) is 0 Å². The van der Waals surface area contributed by atoms with Crippen LogP contribution in [-0.2, 0) is 17.9 Å². The lowest BCUT2D eigenvalue weighted by Gasteiger charge is -2.34. The molecule has 0 aromatic carbocycles. The number of nitrogens with one attached hydrogen (secondary N) is 1. The van der Waals surface area contributed by atoms with Crippen LogP contribution in [0, 0.1) is 0 Å². The summed E-state index contributed by atoms with van der Waals surface area (Å²) >= 11 is 0. The molecule has 0 unspecified atom stereocenters. The Balaban J connectivity index is 1.70. The van der Waals surface area contributed by atoms with Gasteiger partial charge in [0.1, 0.15) is 5.82 Å². The van der Waals surface area contributed by atoms with Crippen LogP contribution in [0.1, 0.15) is 19.7 Å². The van der Waals surface area contributed by atoms with Crippen LogP contribution >= 0.6 is 0 Å². The van der Waals surface area contributed by atoms with Crippen molar-refractivity contribution in [3.8, 4) is 0 Å². The van der Waals surface area contributed by atoms with E-state index in [4.69, 9.17) is 0 Å². The molecule has 0 radical (unpaired) electrons. The second-order valence-electron chi connectivity index (χ2n) is 5.23. The molecule has 6 heteroatoms. The normalized spacial score (nSPS) is 17.3. The Morgan fingerprint density at radius 1 is 1.30 bits per heavy atom. The maximum Gasteiger partial charge on any atom is 0.216 e. The fourth-order valence-corrected chi connectivity index (χ4v) is 2.54. The highest BCUT2D eigenvalue weighted by atomic mass is 16.1. The summed E-state index contributed by atoms with van der Waals surface area (Å²) < 4.78 is 2.20. The van der Waals surface area contributed by atoms with Crippen molar-refractivity contribution in [2.75, 3.05) is 39.3 Å². The van der Waals surface area contributed by atoms with Crippen molar-refractivity contribution in [2.24, 2.45) is 0 Å². The van der Waals surface area contributed by atoms with Crippen LogP contribution in [0.5, 0.6) is 0 Å². The highest BCUT2D eigenvalue weighted by Crippen LogP contribution is 2.07. The maximum atomic E-state index is 10.8. The van der Waals surface area contributed by atoms with Gasteiger partial charge in [0.2, 0.25) is 5.91 Å². The molecule has 0 spiro atoms. The number of carbonyl (C=O) groups is 1. The lowest BCUT2D eigenvalue weighted by molar-refractivity contribution is -0.119. The van der Waals surface area contributed by atoms with E-state index in [1.54, 1.807) is 6.92 Å². The second kappa shape index (κ2) is 7.40. The number of imidazole rings is 1. The van der Waals surface area contributed by atoms with Gasteiger partial charge in [-0.3, -0.25) is 14.6 Å². The second-order valence-corrected chi connectivity index (χ2v) is 5.23. The molecule has 2 heterocycles. The van der Waals surface area contributed by atoms with Crippen molar-refractivity contribution in [3.63, 3.8) is 0 Å². The van der Waals surface area contributed by atoms with Crippen LogP contribution in [0.15, 0.2) is 12.4 Å². The molecule has 0 aliphatic carbocycles. The number of hydrogen-bond acceptors (Lipinski definition) is 4. The first-order valence-electron chi connectivity index (χ1n) is 7.38. The number of piperazine rings is 1. The number of aromatic nitrogens is 2. The minimum Gasteiger partial charge on any atom is -0.355 e. The molecule has 0 bridgehead atoms. The summed E-state index contributed by atoms with van der Waals surface area (Å²) in [4.78, 5) is 20.1. The van der Waals surface area contributed by atoms with E-state index in [1.807, 2.05) is 12.4 Å². The number of aryl methyl sites for hydroxylation is 1. The fourth-order valence-electron chi connectivity index (χ4n) is 2.54. The monoisotopic (exact) mass is 279 g/mol. The zero-order valence-electron chi connectivity index (χ0n) is 12.5. The van der Waals surface area contributed by atoms with E-state index in [9.17, 15) is 4.79 Å². The summed E-state index contributed by atoms with van der Waals surface area (Å²) in [5.41, 5.74) is 0. The number of carbonyl (C=O) groups excluding carboxylic acids is 1. The first-order chi connectivity index (χ1) is 9.69. The highest BCUT2D eigenvalue weighted by Gasteiger charge is 2.17. The molecule has 1 aliphatic rings. The summed E-state index contributed by atoms with van der Waals surface area (Å²) in [6.45, 7) is 11.6.